The molecule has 0 aromatic heterocycles. The van der Waals surface area contributed by atoms with Gasteiger partial charge in [-0.1, -0.05) is 148 Å². The van der Waals surface area contributed by atoms with Crippen molar-refractivity contribution in [2.45, 2.75) is 65.2 Å². The summed E-state index contributed by atoms with van der Waals surface area (Å²) in [6.07, 6.45) is 18.7. The number of hydrogen-bond acceptors (Lipinski definition) is 0. The van der Waals surface area contributed by atoms with Gasteiger partial charge in [0.1, 0.15) is 0 Å². The Morgan fingerprint density at radius 1 is 0.400 bits per heavy atom. The highest BCUT2D eigenvalue weighted by molar-refractivity contribution is 5.71. The molecule has 40 heavy (non-hydrogen) atoms. The third-order valence-corrected chi connectivity index (χ3v) is 7.21. The van der Waals surface area contributed by atoms with Gasteiger partial charge in [-0.25, -0.2) is 0 Å². The van der Waals surface area contributed by atoms with Gasteiger partial charge in [0.2, 0.25) is 0 Å². The Hall–Kier alpha value is -4.08. The van der Waals surface area contributed by atoms with Gasteiger partial charge in [-0.05, 0) is 83.3 Å². The molecule has 0 aliphatic heterocycles. The van der Waals surface area contributed by atoms with Crippen LogP contribution in [-0.4, -0.2) is 0 Å². The molecule has 0 saturated carbocycles. The second-order valence-corrected chi connectivity index (χ2v) is 10.6. The molecule has 202 valence electrons. The van der Waals surface area contributed by atoms with Gasteiger partial charge in [-0.3, -0.25) is 0 Å². The lowest BCUT2D eigenvalue weighted by Crippen LogP contribution is -1.85. The van der Waals surface area contributed by atoms with Crippen LogP contribution in [0.2, 0.25) is 0 Å². The zero-order valence-electron chi connectivity index (χ0n) is 24.2. The summed E-state index contributed by atoms with van der Waals surface area (Å²) in [5.74, 6) is 6.60. The minimum Gasteiger partial charge on any atom is -0.0654 e. The smallest absolute Gasteiger partial charge is 0.0249 e. The van der Waals surface area contributed by atoms with Crippen LogP contribution in [0.15, 0.2) is 97.1 Å². The maximum Gasteiger partial charge on any atom is 0.0249 e. The second kappa shape index (κ2) is 16.1. The minimum absolute atomic E-state index is 1.02. The molecule has 4 rings (SSSR count). The average Bonchev–Trinajstić information content (AvgIpc) is 3.00. The van der Waals surface area contributed by atoms with E-state index in [-0.39, 0.29) is 0 Å². The topological polar surface area (TPSA) is 0 Å². The Bertz CT molecular complexity index is 1290. The van der Waals surface area contributed by atoms with Gasteiger partial charge in [-0.15, -0.1) is 0 Å². The van der Waals surface area contributed by atoms with Gasteiger partial charge in [0.05, 0.1) is 0 Å². The van der Waals surface area contributed by atoms with Crippen LogP contribution in [0.1, 0.15) is 96.9 Å². The van der Waals surface area contributed by atoms with Crippen molar-refractivity contribution >= 4 is 24.3 Å². The van der Waals surface area contributed by atoms with E-state index < -0.39 is 0 Å². The van der Waals surface area contributed by atoms with Crippen LogP contribution >= 0.6 is 0 Å². The van der Waals surface area contributed by atoms with Crippen molar-refractivity contribution in [2.24, 2.45) is 0 Å². The van der Waals surface area contributed by atoms with Crippen molar-refractivity contribution in [1.29, 1.82) is 0 Å². The van der Waals surface area contributed by atoms with E-state index in [1.165, 1.54) is 84.7 Å². The molecule has 0 bridgehead atoms. The average molecular weight is 523 g/mol. The van der Waals surface area contributed by atoms with E-state index >= 15 is 0 Å². The molecular weight excluding hydrogens is 480 g/mol. The number of hydrogen-bond donors (Lipinski definition) is 0. The Kier molecular flexibility index (Phi) is 11.7. The highest BCUT2D eigenvalue weighted by Gasteiger charge is 1.96. The fourth-order valence-electron chi connectivity index (χ4n) is 4.63. The summed E-state index contributed by atoms with van der Waals surface area (Å²) in [6.45, 7) is 4.50. The number of unbranched alkanes of at least 4 members (excludes halogenated alkanes) is 4. The van der Waals surface area contributed by atoms with Crippen molar-refractivity contribution < 1.29 is 0 Å². The summed E-state index contributed by atoms with van der Waals surface area (Å²) < 4.78 is 0. The fourth-order valence-corrected chi connectivity index (χ4v) is 4.63. The summed E-state index contributed by atoms with van der Waals surface area (Å²) in [5.41, 5.74) is 9.73. The molecule has 0 heterocycles. The van der Waals surface area contributed by atoms with Crippen LogP contribution in [0.25, 0.3) is 24.3 Å². The minimum atomic E-state index is 1.02. The lowest BCUT2D eigenvalue weighted by Gasteiger charge is -2.01. The quantitative estimate of drug-likeness (QED) is 0.0986. The predicted octanol–water partition coefficient (Wildman–Crippen LogP) is 10.9. The molecule has 0 heteroatoms. The molecule has 0 unspecified atom stereocenters. The van der Waals surface area contributed by atoms with Crippen molar-refractivity contribution in [2.75, 3.05) is 0 Å². The molecule has 0 saturated heterocycles. The van der Waals surface area contributed by atoms with Crippen LogP contribution in [0.4, 0.5) is 0 Å². The first-order valence-corrected chi connectivity index (χ1v) is 15.0. The molecule has 0 amide bonds. The van der Waals surface area contributed by atoms with Gasteiger partial charge in [-0.2, -0.15) is 0 Å². The highest BCUT2D eigenvalue weighted by Crippen LogP contribution is 2.15. The molecule has 0 spiro atoms. The van der Waals surface area contributed by atoms with E-state index in [0.29, 0.717) is 0 Å². The third kappa shape index (κ3) is 9.91. The summed E-state index contributed by atoms with van der Waals surface area (Å²) in [7, 11) is 0. The molecule has 0 aliphatic rings. The van der Waals surface area contributed by atoms with Gasteiger partial charge in [0, 0.05) is 11.1 Å². The Balaban J connectivity index is 1.27. The van der Waals surface area contributed by atoms with Crippen LogP contribution in [-0.2, 0) is 12.8 Å². The van der Waals surface area contributed by atoms with Crippen molar-refractivity contribution in [3.8, 4) is 11.8 Å². The van der Waals surface area contributed by atoms with Crippen LogP contribution in [0.5, 0.6) is 0 Å². The summed E-state index contributed by atoms with van der Waals surface area (Å²) in [4.78, 5) is 0. The molecule has 0 atom stereocenters. The highest BCUT2D eigenvalue weighted by atomic mass is 14.0. The van der Waals surface area contributed by atoms with Crippen LogP contribution < -0.4 is 0 Å². The Morgan fingerprint density at radius 2 is 0.700 bits per heavy atom. The molecule has 4 aromatic carbocycles. The first-order valence-electron chi connectivity index (χ1n) is 15.0. The van der Waals surface area contributed by atoms with Gasteiger partial charge in [0.15, 0.2) is 0 Å². The zero-order chi connectivity index (χ0) is 27.8. The first-order chi connectivity index (χ1) is 19.7. The van der Waals surface area contributed by atoms with E-state index in [0.717, 1.165) is 11.1 Å². The lowest BCUT2D eigenvalue weighted by molar-refractivity contribution is 0.717. The van der Waals surface area contributed by atoms with E-state index in [1.807, 2.05) is 0 Å². The molecule has 4 aromatic rings. The molecule has 0 N–H and O–H groups in total. The molecule has 0 fully saturated rings. The zero-order valence-corrected chi connectivity index (χ0v) is 24.2. The maximum absolute atomic E-state index is 3.30. The van der Waals surface area contributed by atoms with Gasteiger partial charge < -0.3 is 0 Å². The summed E-state index contributed by atoms with van der Waals surface area (Å²) in [5, 5.41) is 0. The van der Waals surface area contributed by atoms with Crippen LogP contribution in [0.3, 0.4) is 0 Å². The summed E-state index contributed by atoms with van der Waals surface area (Å²) >= 11 is 0. The third-order valence-electron chi connectivity index (χ3n) is 7.21. The van der Waals surface area contributed by atoms with E-state index in [1.54, 1.807) is 0 Å². The van der Waals surface area contributed by atoms with Gasteiger partial charge >= 0.3 is 0 Å². The van der Waals surface area contributed by atoms with E-state index in [9.17, 15) is 0 Å². The Labute approximate surface area is 242 Å². The number of aryl methyl sites for hydroxylation is 2. The fraction of sp³-hybridized carbons (Fsp3) is 0.250. The van der Waals surface area contributed by atoms with Crippen LogP contribution in [0, 0.1) is 11.8 Å². The largest absolute Gasteiger partial charge is 0.0654 e. The molecule has 0 nitrogen and oxygen atoms in total. The van der Waals surface area contributed by atoms with E-state index in [2.05, 4.69) is 147 Å². The molecule has 0 radical (unpaired) electrons. The maximum atomic E-state index is 3.30. The number of rotatable bonds is 12. The predicted molar refractivity (Wildman–Crippen MR) is 176 cm³/mol. The molecule has 0 aliphatic carbocycles. The van der Waals surface area contributed by atoms with E-state index in [4.69, 9.17) is 0 Å². The second-order valence-electron chi connectivity index (χ2n) is 10.6. The van der Waals surface area contributed by atoms with Crippen molar-refractivity contribution in [3.63, 3.8) is 0 Å². The van der Waals surface area contributed by atoms with Crippen molar-refractivity contribution in [3.05, 3.63) is 142 Å². The normalized spacial score (nSPS) is 11.2. The monoisotopic (exact) mass is 522 g/mol. The SMILES string of the molecule is CCCCCc1ccc(/C=C/c2ccc(C#Cc3ccc(/C=C/c4ccc(CCCCC)cc4)cc3)cc2)cc1. The first kappa shape index (κ1) is 28.9. The standard InChI is InChI=1S/C40H42/c1-3-5-7-9-33-11-15-35(16-12-33)19-21-37-23-27-39(28-24-37)31-32-40-29-25-38(26-30-40)22-20-36-17-13-34(14-18-36)10-8-6-4-2/h11-30H,3-10H2,1-2H3/b21-19+,22-20+. The van der Waals surface area contributed by atoms with Gasteiger partial charge in [0.25, 0.3) is 0 Å². The molecular formula is C40H42. The lowest BCUT2D eigenvalue weighted by atomic mass is 10.0. The Morgan fingerprint density at radius 3 is 1.00 bits per heavy atom. The van der Waals surface area contributed by atoms with Crippen molar-refractivity contribution in [1.82, 2.24) is 0 Å². The number of benzene rings is 4. The summed E-state index contributed by atoms with van der Waals surface area (Å²) in [6, 6.07) is 34.8.